The molecule has 1 heterocycles. The van der Waals surface area contributed by atoms with E-state index in [1.165, 1.54) is 12.1 Å². The number of rotatable bonds is 5. The van der Waals surface area contributed by atoms with E-state index in [0.717, 1.165) is 6.92 Å². The Bertz CT molecular complexity index is 649. The van der Waals surface area contributed by atoms with E-state index in [0.29, 0.717) is 32.7 Å². The van der Waals surface area contributed by atoms with E-state index in [-0.39, 0.29) is 29.7 Å². The Morgan fingerprint density at radius 1 is 1.15 bits per heavy atom. The molecule has 1 aromatic carbocycles. The molecule has 1 amide bonds. The van der Waals surface area contributed by atoms with Gasteiger partial charge in [0.05, 0.1) is 5.56 Å². The van der Waals surface area contributed by atoms with Gasteiger partial charge in [0.15, 0.2) is 0 Å². The quantitative estimate of drug-likeness (QED) is 0.788. The number of nitrogens with two attached hydrogens (primary N) is 1. The molecule has 0 aromatic heterocycles. The maximum atomic E-state index is 13.7. The molecule has 1 saturated heterocycles. The molecule has 0 aliphatic carbocycles. The van der Waals surface area contributed by atoms with E-state index in [9.17, 15) is 13.6 Å². The van der Waals surface area contributed by atoms with Crippen molar-refractivity contribution < 1.29 is 23.0 Å². The summed E-state index contributed by atoms with van der Waals surface area (Å²) in [5, 5.41) is 0. The SMILES string of the molecule is CC(C)(C)OC(=O)N1CCN(CCOc2ccc(N)cc2C(C)(F)F)CC1. The minimum atomic E-state index is -3.02. The molecule has 27 heavy (non-hydrogen) atoms. The molecule has 0 bridgehead atoms. The predicted molar refractivity (Wildman–Crippen MR) is 100 cm³/mol. The monoisotopic (exact) mass is 385 g/mol. The largest absolute Gasteiger partial charge is 0.492 e. The average molecular weight is 385 g/mol. The lowest BCUT2D eigenvalue weighted by Gasteiger charge is -2.35. The number of piperazine rings is 1. The first-order valence-corrected chi connectivity index (χ1v) is 9.06. The summed E-state index contributed by atoms with van der Waals surface area (Å²) in [4.78, 5) is 15.9. The van der Waals surface area contributed by atoms with Crippen LogP contribution in [0.3, 0.4) is 0 Å². The molecular formula is C19H29F2N3O3. The summed E-state index contributed by atoms with van der Waals surface area (Å²) in [7, 11) is 0. The summed E-state index contributed by atoms with van der Waals surface area (Å²) in [6.45, 7) is 9.69. The minimum Gasteiger partial charge on any atom is -0.492 e. The Balaban J connectivity index is 1.81. The number of carbonyl (C=O) groups is 1. The molecule has 0 unspecified atom stereocenters. The van der Waals surface area contributed by atoms with E-state index in [2.05, 4.69) is 4.90 Å². The van der Waals surface area contributed by atoms with E-state index in [1.807, 2.05) is 20.8 Å². The number of nitrogens with zero attached hydrogens (tertiary/aromatic N) is 2. The number of nitrogen functional groups attached to an aromatic ring is 1. The molecule has 6 nitrogen and oxygen atoms in total. The molecule has 0 radical (unpaired) electrons. The lowest BCUT2D eigenvalue weighted by atomic mass is 10.1. The van der Waals surface area contributed by atoms with E-state index < -0.39 is 11.5 Å². The van der Waals surface area contributed by atoms with Gasteiger partial charge in [0.25, 0.3) is 5.92 Å². The van der Waals surface area contributed by atoms with Gasteiger partial charge in [0.2, 0.25) is 0 Å². The van der Waals surface area contributed by atoms with Crippen LogP contribution in [0.5, 0.6) is 5.75 Å². The first kappa shape index (κ1) is 21.2. The molecule has 1 aliphatic rings. The summed E-state index contributed by atoms with van der Waals surface area (Å²) < 4.78 is 38.4. The molecule has 8 heteroatoms. The van der Waals surface area contributed by atoms with Gasteiger partial charge in [0.1, 0.15) is 18.0 Å². The molecule has 1 aromatic rings. The first-order chi connectivity index (χ1) is 12.5. The van der Waals surface area contributed by atoms with Crippen LogP contribution >= 0.6 is 0 Å². The van der Waals surface area contributed by atoms with Crippen molar-refractivity contribution in [1.29, 1.82) is 0 Å². The van der Waals surface area contributed by atoms with Crippen LogP contribution in [0.2, 0.25) is 0 Å². The van der Waals surface area contributed by atoms with E-state index in [4.69, 9.17) is 15.2 Å². The van der Waals surface area contributed by atoms with Crippen LogP contribution in [0.4, 0.5) is 19.3 Å². The molecule has 0 atom stereocenters. The zero-order chi connectivity index (χ0) is 20.2. The summed E-state index contributed by atoms with van der Waals surface area (Å²) in [5.74, 6) is -2.88. The Morgan fingerprint density at radius 2 is 1.78 bits per heavy atom. The highest BCUT2D eigenvalue weighted by Crippen LogP contribution is 2.35. The number of carbonyl (C=O) groups excluding carboxylic acids is 1. The van der Waals surface area contributed by atoms with Crippen LogP contribution < -0.4 is 10.5 Å². The van der Waals surface area contributed by atoms with Crippen LogP contribution in [0.1, 0.15) is 33.3 Å². The zero-order valence-corrected chi connectivity index (χ0v) is 16.4. The van der Waals surface area contributed by atoms with Crippen molar-refractivity contribution in [3.05, 3.63) is 23.8 Å². The zero-order valence-electron chi connectivity index (χ0n) is 16.4. The van der Waals surface area contributed by atoms with Crippen molar-refractivity contribution in [1.82, 2.24) is 9.80 Å². The summed E-state index contributed by atoms with van der Waals surface area (Å²) >= 11 is 0. The Labute approximate surface area is 159 Å². The molecule has 2 N–H and O–H groups in total. The first-order valence-electron chi connectivity index (χ1n) is 9.06. The maximum Gasteiger partial charge on any atom is 0.410 e. The average Bonchev–Trinajstić information content (AvgIpc) is 2.54. The van der Waals surface area contributed by atoms with Crippen LogP contribution in [-0.4, -0.2) is 60.8 Å². The lowest BCUT2D eigenvalue weighted by Crippen LogP contribution is -2.50. The number of amides is 1. The van der Waals surface area contributed by atoms with Crippen LogP contribution in [0.25, 0.3) is 0 Å². The summed E-state index contributed by atoms with van der Waals surface area (Å²) in [5.41, 5.74) is 5.16. The fourth-order valence-corrected chi connectivity index (χ4v) is 2.78. The van der Waals surface area contributed by atoms with E-state index in [1.54, 1.807) is 11.0 Å². The second-order valence-electron chi connectivity index (χ2n) is 7.80. The van der Waals surface area contributed by atoms with Gasteiger partial charge in [-0.2, -0.15) is 0 Å². The highest BCUT2D eigenvalue weighted by Gasteiger charge is 2.29. The minimum absolute atomic E-state index is 0.143. The predicted octanol–water partition coefficient (Wildman–Crippen LogP) is 3.31. The van der Waals surface area contributed by atoms with Crippen molar-refractivity contribution in [2.75, 3.05) is 45.1 Å². The van der Waals surface area contributed by atoms with Gasteiger partial charge in [-0.3, -0.25) is 4.90 Å². The Morgan fingerprint density at radius 3 is 2.33 bits per heavy atom. The van der Waals surface area contributed by atoms with Crippen LogP contribution in [-0.2, 0) is 10.7 Å². The highest BCUT2D eigenvalue weighted by atomic mass is 19.3. The van der Waals surface area contributed by atoms with Crippen molar-refractivity contribution in [3.63, 3.8) is 0 Å². The molecule has 1 aliphatic heterocycles. The Kier molecular flexibility index (Phi) is 6.51. The van der Waals surface area contributed by atoms with Crippen molar-refractivity contribution >= 4 is 11.8 Å². The van der Waals surface area contributed by atoms with Crippen molar-refractivity contribution in [2.45, 2.75) is 39.2 Å². The Hall–Kier alpha value is -2.09. The third-order valence-electron chi connectivity index (χ3n) is 4.17. The standard InChI is InChI=1S/C19H29F2N3O3/c1-18(2,3)27-17(25)24-9-7-23(8-10-24)11-12-26-16-6-5-14(22)13-15(16)19(4,20)21/h5-6,13H,7-12,22H2,1-4H3. The van der Waals surface area contributed by atoms with Gasteiger partial charge in [-0.05, 0) is 39.0 Å². The normalized spacial score (nSPS) is 16.3. The van der Waals surface area contributed by atoms with Gasteiger partial charge in [0, 0.05) is 45.3 Å². The highest BCUT2D eigenvalue weighted by molar-refractivity contribution is 5.68. The molecule has 0 saturated carbocycles. The number of hydrogen-bond acceptors (Lipinski definition) is 5. The topological polar surface area (TPSA) is 68.0 Å². The fraction of sp³-hybridized carbons (Fsp3) is 0.632. The lowest BCUT2D eigenvalue weighted by molar-refractivity contribution is 0.0123. The third-order valence-corrected chi connectivity index (χ3v) is 4.17. The number of hydrogen-bond donors (Lipinski definition) is 1. The number of halogens is 2. The van der Waals surface area contributed by atoms with Crippen LogP contribution in [0.15, 0.2) is 18.2 Å². The second kappa shape index (κ2) is 8.29. The molecule has 1 fully saturated rings. The van der Waals surface area contributed by atoms with Crippen LogP contribution in [0, 0.1) is 0 Å². The number of benzene rings is 1. The van der Waals surface area contributed by atoms with Gasteiger partial charge in [-0.1, -0.05) is 0 Å². The fourth-order valence-electron chi connectivity index (χ4n) is 2.78. The van der Waals surface area contributed by atoms with Gasteiger partial charge in [-0.25, -0.2) is 13.6 Å². The van der Waals surface area contributed by atoms with Crippen molar-refractivity contribution in [3.8, 4) is 5.75 Å². The summed E-state index contributed by atoms with van der Waals surface area (Å²) in [6, 6.07) is 4.27. The van der Waals surface area contributed by atoms with Gasteiger partial charge in [-0.15, -0.1) is 0 Å². The smallest absolute Gasteiger partial charge is 0.410 e. The third kappa shape index (κ3) is 6.53. The number of anilines is 1. The number of alkyl halides is 2. The molecule has 0 spiro atoms. The van der Waals surface area contributed by atoms with E-state index >= 15 is 0 Å². The maximum absolute atomic E-state index is 13.7. The van der Waals surface area contributed by atoms with Gasteiger partial charge >= 0.3 is 6.09 Å². The molecular weight excluding hydrogens is 356 g/mol. The number of ether oxygens (including phenoxy) is 2. The summed E-state index contributed by atoms with van der Waals surface area (Å²) in [6.07, 6.45) is -0.310. The van der Waals surface area contributed by atoms with Crippen molar-refractivity contribution in [2.24, 2.45) is 0 Å². The molecule has 152 valence electrons. The molecule has 2 rings (SSSR count). The second-order valence-corrected chi connectivity index (χ2v) is 7.80. The van der Waals surface area contributed by atoms with Gasteiger partial charge < -0.3 is 20.1 Å².